The summed E-state index contributed by atoms with van der Waals surface area (Å²) in [4.78, 5) is 26.1. The van der Waals surface area contributed by atoms with E-state index in [1.165, 1.54) is 0 Å². The van der Waals surface area contributed by atoms with E-state index in [0.29, 0.717) is 23.4 Å². The minimum Gasteiger partial charge on any atom is -0.497 e. The average molecular weight is 354 g/mol. The van der Waals surface area contributed by atoms with Crippen LogP contribution < -0.4 is 15.2 Å². The topological polar surface area (TPSA) is 81.9 Å². The van der Waals surface area contributed by atoms with Gasteiger partial charge in [0.2, 0.25) is 5.91 Å². The molecule has 2 N–H and O–H groups in total. The first-order valence-electron chi connectivity index (χ1n) is 8.45. The summed E-state index contributed by atoms with van der Waals surface area (Å²) in [6.45, 7) is 0.432. The number of hydrogen-bond acceptors (Lipinski definition) is 4. The molecule has 0 radical (unpaired) electrons. The highest BCUT2D eigenvalue weighted by atomic mass is 16.5. The third-order valence-corrected chi connectivity index (χ3v) is 4.49. The molecule has 0 spiro atoms. The number of methoxy groups -OCH3 is 2. The van der Waals surface area contributed by atoms with Crippen LogP contribution in [0.2, 0.25) is 0 Å². The number of amides is 2. The summed E-state index contributed by atoms with van der Waals surface area (Å²) in [6, 6.07) is 12.2. The quantitative estimate of drug-likeness (QED) is 0.829. The van der Waals surface area contributed by atoms with Crippen LogP contribution in [0.5, 0.6) is 11.5 Å². The Morgan fingerprint density at radius 3 is 2.23 bits per heavy atom. The van der Waals surface area contributed by atoms with Crippen molar-refractivity contribution in [2.75, 3.05) is 14.2 Å². The van der Waals surface area contributed by atoms with Gasteiger partial charge in [-0.15, -0.1) is 0 Å². The zero-order valence-electron chi connectivity index (χ0n) is 14.9. The molecule has 136 valence electrons. The van der Waals surface area contributed by atoms with Crippen molar-refractivity contribution in [3.05, 3.63) is 59.2 Å². The van der Waals surface area contributed by atoms with Gasteiger partial charge in [0.05, 0.1) is 20.8 Å². The van der Waals surface area contributed by atoms with Gasteiger partial charge in [0.15, 0.2) is 0 Å². The van der Waals surface area contributed by atoms with Crippen molar-refractivity contribution in [3.8, 4) is 11.5 Å². The van der Waals surface area contributed by atoms with Gasteiger partial charge in [-0.3, -0.25) is 9.59 Å². The van der Waals surface area contributed by atoms with Crippen LogP contribution in [-0.4, -0.2) is 37.0 Å². The van der Waals surface area contributed by atoms with Gasteiger partial charge in [0, 0.05) is 22.7 Å². The molecule has 6 heteroatoms. The maximum atomic E-state index is 13.0. The Labute approximate surface area is 152 Å². The van der Waals surface area contributed by atoms with E-state index < -0.39 is 5.91 Å². The van der Waals surface area contributed by atoms with Gasteiger partial charge >= 0.3 is 0 Å². The van der Waals surface area contributed by atoms with Crippen molar-refractivity contribution in [2.24, 2.45) is 5.73 Å². The number of rotatable bonds is 7. The highest BCUT2D eigenvalue weighted by molar-refractivity contribution is 5.97. The van der Waals surface area contributed by atoms with Crippen LogP contribution in [0.15, 0.2) is 42.5 Å². The molecule has 0 atom stereocenters. The zero-order chi connectivity index (χ0) is 18.7. The summed E-state index contributed by atoms with van der Waals surface area (Å²) in [5.74, 6) is 0.848. The third kappa shape index (κ3) is 3.79. The molecule has 0 unspecified atom stereocenters. The van der Waals surface area contributed by atoms with E-state index in [1.807, 2.05) is 23.1 Å². The minimum atomic E-state index is -0.510. The molecule has 3 rings (SSSR count). The van der Waals surface area contributed by atoms with Crippen molar-refractivity contribution in [1.82, 2.24) is 4.90 Å². The molecule has 1 saturated carbocycles. The maximum absolute atomic E-state index is 13.0. The zero-order valence-corrected chi connectivity index (χ0v) is 14.9. The Morgan fingerprint density at radius 1 is 1.04 bits per heavy atom. The molecule has 6 nitrogen and oxygen atoms in total. The van der Waals surface area contributed by atoms with Crippen LogP contribution in [0.4, 0.5) is 0 Å². The lowest BCUT2D eigenvalue weighted by atomic mass is 10.1. The van der Waals surface area contributed by atoms with Crippen molar-refractivity contribution < 1.29 is 19.1 Å². The lowest BCUT2D eigenvalue weighted by molar-refractivity contribution is 0.0728. The van der Waals surface area contributed by atoms with Crippen LogP contribution in [0.1, 0.15) is 39.1 Å². The number of nitrogens with zero attached hydrogens (tertiary/aromatic N) is 1. The maximum Gasteiger partial charge on any atom is 0.254 e. The summed E-state index contributed by atoms with van der Waals surface area (Å²) in [6.07, 6.45) is 1.97. The molecule has 1 aliphatic rings. The molecule has 2 aromatic carbocycles. The molecule has 2 aromatic rings. The lowest BCUT2D eigenvalue weighted by Crippen LogP contribution is -2.32. The number of primary amides is 1. The van der Waals surface area contributed by atoms with Crippen LogP contribution in [-0.2, 0) is 6.54 Å². The van der Waals surface area contributed by atoms with E-state index in [0.717, 1.165) is 24.2 Å². The van der Waals surface area contributed by atoms with Crippen LogP contribution in [0.3, 0.4) is 0 Å². The Balaban J connectivity index is 1.86. The predicted octanol–water partition coefficient (Wildman–Crippen LogP) is 2.61. The Hall–Kier alpha value is -3.02. The molecule has 1 aliphatic carbocycles. The second-order valence-corrected chi connectivity index (χ2v) is 6.28. The lowest BCUT2D eigenvalue weighted by Gasteiger charge is -2.24. The summed E-state index contributed by atoms with van der Waals surface area (Å²) in [5.41, 5.74) is 7.06. The van der Waals surface area contributed by atoms with Crippen LogP contribution in [0, 0.1) is 0 Å². The Kier molecular flexibility index (Phi) is 5.11. The predicted molar refractivity (Wildman–Crippen MR) is 97.4 cm³/mol. The standard InChI is InChI=1S/C20H22N2O4/c1-25-17-9-10-18(26-2)15(11-17)12-22(16-7-8-16)20(24)14-5-3-13(4-6-14)19(21)23/h3-6,9-11,16H,7-8,12H2,1-2H3,(H2,21,23). The smallest absolute Gasteiger partial charge is 0.254 e. The number of hydrogen-bond donors (Lipinski definition) is 1. The SMILES string of the molecule is COc1ccc(OC)c(CN(C(=O)c2ccc(C(N)=O)cc2)C2CC2)c1. The minimum absolute atomic E-state index is 0.0756. The highest BCUT2D eigenvalue weighted by Crippen LogP contribution is 2.33. The van der Waals surface area contributed by atoms with Crippen molar-refractivity contribution >= 4 is 11.8 Å². The Morgan fingerprint density at radius 2 is 1.69 bits per heavy atom. The van der Waals surface area contributed by atoms with Crippen molar-refractivity contribution in [2.45, 2.75) is 25.4 Å². The van der Waals surface area contributed by atoms with E-state index in [-0.39, 0.29) is 11.9 Å². The van der Waals surface area contributed by atoms with E-state index in [1.54, 1.807) is 38.5 Å². The van der Waals surface area contributed by atoms with Gasteiger partial charge in [-0.1, -0.05) is 0 Å². The first kappa shape index (κ1) is 17.8. The number of carbonyl (C=O) groups excluding carboxylic acids is 2. The number of nitrogens with two attached hydrogens (primary N) is 1. The fraction of sp³-hybridized carbons (Fsp3) is 0.300. The van der Waals surface area contributed by atoms with E-state index in [2.05, 4.69) is 0 Å². The molecule has 2 amide bonds. The van der Waals surface area contributed by atoms with Gasteiger partial charge in [0.25, 0.3) is 5.91 Å². The number of carbonyl (C=O) groups is 2. The van der Waals surface area contributed by atoms with Gasteiger partial charge in [-0.05, 0) is 55.3 Å². The first-order chi connectivity index (χ1) is 12.5. The molecule has 0 bridgehead atoms. The average Bonchev–Trinajstić information content (AvgIpc) is 3.50. The Bertz CT molecular complexity index is 813. The molecule has 0 heterocycles. The van der Waals surface area contributed by atoms with Crippen LogP contribution in [0.25, 0.3) is 0 Å². The number of benzene rings is 2. The highest BCUT2D eigenvalue weighted by Gasteiger charge is 2.33. The normalized spacial score (nSPS) is 13.2. The molecule has 0 saturated heterocycles. The van der Waals surface area contributed by atoms with Gasteiger partial charge in [0.1, 0.15) is 11.5 Å². The molecule has 1 fully saturated rings. The largest absolute Gasteiger partial charge is 0.497 e. The van der Waals surface area contributed by atoms with Gasteiger partial charge in [-0.25, -0.2) is 0 Å². The third-order valence-electron chi connectivity index (χ3n) is 4.49. The number of ether oxygens (including phenoxy) is 2. The molecular formula is C20H22N2O4. The fourth-order valence-electron chi connectivity index (χ4n) is 2.88. The second-order valence-electron chi connectivity index (χ2n) is 6.28. The molecule has 0 aliphatic heterocycles. The van der Waals surface area contributed by atoms with Gasteiger partial charge in [-0.2, -0.15) is 0 Å². The summed E-state index contributed by atoms with van der Waals surface area (Å²) in [5, 5.41) is 0. The van der Waals surface area contributed by atoms with E-state index >= 15 is 0 Å². The van der Waals surface area contributed by atoms with E-state index in [4.69, 9.17) is 15.2 Å². The molecule has 26 heavy (non-hydrogen) atoms. The van der Waals surface area contributed by atoms with E-state index in [9.17, 15) is 9.59 Å². The first-order valence-corrected chi connectivity index (χ1v) is 8.45. The molecular weight excluding hydrogens is 332 g/mol. The summed E-state index contributed by atoms with van der Waals surface area (Å²) >= 11 is 0. The van der Waals surface area contributed by atoms with Crippen molar-refractivity contribution in [3.63, 3.8) is 0 Å². The fourth-order valence-corrected chi connectivity index (χ4v) is 2.88. The molecule has 0 aromatic heterocycles. The second kappa shape index (κ2) is 7.47. The van der Waals surface area contributed by atoms with Gasteiger partial charge < -0.3 is 20.1 Å². The van der Waals surface area contributed by atoms with Crippen molar-refractivity contribution in [1.29, 1.82) is 0 Å². The van der Waals surface area contributed by atoms with Crippen LogP contribution >= 0.6 is 0 Å². The monoisotopic (exact) mass is 354 g/mol. The summed E-state index contributed by atoms with van der Waals surface area (Å²) in [7, 11) is 3.22. The summed E-state index contributed by atoms with van der Waals surface area (Å²) < 4.78 is 10.7.